The first kappa shape index (κ1) is 15.3. The Balaban J connectivity index is 1.78. The summed E-state index contributed by atoms with van der Waals surface area (Å²) in [4.78, 5) is 0.686. The standard InChI is InChI=1S/C15H15FN6S/c1-11(23)17-9-12-10-22(20-19-12)13-4-5-15(14(16)8-13)21-7-3-2-6-18-21/h2-6,8,10H,7,9H2,1H3,(H,17,23). The average molecular weight is 330 g/mol. The number of rotatable bonds is 4. The van der Waals surface area contributed by atoms with E-state index in [1.165, 1.54) is 10.7 Å². The molecule has 3 rings (SSSR count). The zero-order valence-electron chi connectivity index (χ0n) is 12.5. The maximum atomic E-state index is 14.4. The highest BCUT2D eigenvalue weighted by Crippen LogP contribution is 2.23. The predicted octanol–water partition coefficient (Wildman–Crippen LogP) is 2.21. The van der Waals surface area contributed by atoms with Gasteiger partial charge in [0.05, 0.1) is 35.6 Å². The van der Waals surface area contributed by atoms with Gasteiger partial charge in [-0.05, 0) is 25.1 Å². The Morgan fingerprint density at radius 1 is 1.43 bits per heavy atom. The zero-order chi connectivity index (χ0) is 16.2. The molecular weight excluding hydrogens is 315 g/mol. The highest BCUT2D eigenvalue weighted by atomic mass is 32.1. The molecule has 8 heteroatoms. The number of hydrogen-bond donors (Lipinski definition) is 1. The molecule has 1 N–H and O–H groups in total. The smallest absolute Gasteiger partial charge is 0.150 e. The minimum atomic E-state index is -0.361. The molecule has 1 aliphatic heterocycles. The second-order valence-electron chi connectivity index (χ2n) is 4.97. The van der Waals surface area contributed by atoms with E-state index in [0.717, 1.165) is 5.69 Å². The molecule has 0 saturated carbocycles. The number of allylic oxidation sites excluding steroid dienone is 1. The molecule has 1 aliphatic rings. The van der Waals surface area contributed by atoms with Crippen molar-refractivity contribution in [2.45, 2.75) is 13.5 Å². The largest absolute Gasteiger partial charge is 0.374 e. The van der Waals surface area contributed by atoms with Gasteiger partial charge < -0.3 is 5.32 Å². The summed E-state index contributed by atoms with van der Waals surface area (Å²) < 4.78 is 15.9. The van der Waals surface area contributed by atoms with Crippen molar-refractivity contribution < 1.29 is 4.39 Å². The molecule has 23 heavy (non-hydrogen) atoms. The van der Waals surface area contributed by atoms with Crippen LogP contribution >= 0.6 is 12.2 Å². The molecule has 0 unspecified atom stereocenters. The molecule has 0 radical (unpaired) electrons. The Hall–Kier alpha value is -2.61. The van der Waals surface area contributed by atoms with E-state index in [2.05, 4.69) is 20.7 Å². The lowest BCUT2D eigenvalue weighted by atomic mass is 10.2. The van der Waals surface area contributed by atoms with Crippen LogP contribution in [0.5, 0.6) is 0 Å². The van der Waals surface area contributed by atoms with Crippen LogP contribution in [0.3, 0.4) is 0 Å². The summed E-state index contributed by atoms with van der Waals surface area (Å²) >= 11 is 4.95. The van der Waals surface area contributed by atoms with Crippen LogP contribution < -0.4 is 10.3 Å². The minimum absolute atomic E-state index is 0.361. The number of thiocarbonyl (C=S) groups is 1. The van der Waals surface area contributed by atoms with Crippen molar-refractivity contribution in [2.75, 3.05) is 11.6 Å². The Morgan fingerprint density at radius 3 is 3.00 bits per heavy atom. The normalized spacial score (nSPS) is 13.4. The Bertz CT molecular complexity index is 782. The number of aromatic nitrogens is 3. The lowest BCUT2D eigenvalue weighted by Crippen LogP contribution is -2.19. The van der Waals surface area contributed by atoms with Crippen LogP contribution in [0.15, 0.2) is 41.6 Å². The molecule has 2 heterocycles. The molecule has 118 valence electrons. The van der Waals surface area contributed by atoms with Gasteiger partial charge in [0.25, 0.3) is 0 Å². The molecule has 0 atom stereocenters. The fourth-order valence-electron chi connectivity index (χ4n) is 2.12. The quantitative estimate of drug-likeness (QED) is 0.871. The van der Waals surface area contributed by atoms with E-state index in [1.54, 1.807) is 36.5 Å². The predicted molar refractivity (Wildman–Crippen MR) is 91.4 cm³/mol. The first-order chi connectivity index (χ1) is 11.1. The summed E-state index contributed by atoms with van der Waals surface area (Å²) in [5, 5.41) is 16.8. The second kappa shape index (κ2) is 6.66. The number of halogens is 1. The van der Waals surface area contributed by atoms with Crippen molar-refractivity contribution in [2.24, 2.45) is 5.10 Å². The number of hydrazone groups is 1. The van der Waals surface area contributed by atoms with Gasteiger partial charge in [-0.1, -0.05) is 23.5 Å². The molecule has 2 aromatic rings. The topological polar surface area (TPSA) is 58.3 Å². The minimum Gasteiger partial charge on any atom is -0.374 e. The van der Waals surface area contributed by atoms with E-state index in [1.807, 2.05) is 12.2 Å². The van der Waals surface area contributed by atoms with Crippen molar-refractivity contribution in [3.8, 4) is 5.69 Å². The van der Waals surface area contributed by atoms with Crippen molar-refractivity contribution in [3.63, 3.8) is 0 Å². The molecule has 0 saturated heterocycles. The highest BCUT2D eigenvalue weighted by molar-refractivity contribution is 7.80. The highest BCUT2D eigenvalue weighted by Gasteiger charge is 2.12. The summed E-state index contributed by atoms with van der Waals surface area (Å²) in [6.07, 6.45) is 7.11. The van der Waals surface area contributed by atoms with Crippen LogP contribution in [-0.2, 0) is 6.54 Å². The van der Waals surface area contributed by atoms with Crippen LogP contribution in [0.4, 0.5) is 10.1 Å². The van der Waals surface area contributed by atoms with E-state index < -0.39 is 0 Å². The lowest BCUT2D eigenvalue weighted by molar-refractivity contribution is 0.619. The molecule has 0 aliphatic carbocycles. The third kappa shape index (κ3) is 3.59. The second-order valence-corrected chi connectivity index (χ2v) is 5.59. The van der Waals surface area contributed by atoms with Crippen LogP contribution in [0, 0.1) is 5.82 Å². The third-order valence-electron chi connectivity index (χ3n) is 3.24. The summed E-state index contributed by atoms with van der Waals surface area (Å²) in [6.45, 7) is 2.83. The van der Waals surface area contributed by atoms with Crippen molar-refractivity contribution in [3.05, 3.63) is 48.1 Å². The molecule has 0 bridgehead atoms. The van der Waals surface area contributed by atoms with E-state index >= 15 is 0 Å². The number of nitrogens with one attached hydrogen (secondary N) is 1. The maximum Gasteiger partial charge on any atom is 0.150 e. The molecule has 1 aromatic heterocycles. The average Bonchev–Trinajstić information content (AvgIpc) is 3.02. The van der Waals surface area contributed by atoms with Crippen molar-refractivity contribution in [1.29, 1.82) is 0 Å². The van der Waals surface area contributed by atoms with Crippen molar-refractivity contribution >= 4 is 29.1 Å². The zero-order valence-corrected chi connectivity index (χ0v) is 13.3. The number of anilines is 1. The van der Waals surface area contributed by atoms with Gasteiger partial charge in [0.1, 0.15) is 5.69 Å². The Kier molecular flexibility index (Phi) is 4.42. The third-order valence-corrected chi connectivity index (χ3v) is 3.38. The summed E-state index contributed by atoms with van der Waals surface area (Å²) in [7, 11) is 0. The lowest BCUT2D eigenvalue weighted by Gasteiger charge is -2.19. The van der Waals surface area contributed by atoms with Gasteiger partial charge in [-0.25, -0.2) is 9.07 Å². The van der Waals surface area contributed by atoms with Crippen molar-refractivity contribution in [1.82, 2.24) is 20.3 Å². The number of nitrogens with zero attached hydrogens (tertiary/aromatic N) is 5. The van der Waals surface area contributed by atoms with Crippen LogP contribution in [0.1, 0.15) is 12.6 Å². The van der Waals surface area contributed by atoms with Gasteiger partial charge in [0.15, 0.2) is 5.82 Å². The summed E-state index contributed by atoms with van der Waals surface area (Å²) in [5.74, 6) is -0.361. The monoisotopic (exact) mass is 330 g/mol. The Labute approximate surface area is 138 Å². The summed E-state index contributed by atoms with van der Waals surface area (Å²) in [5.41, 5.74) is 1.75. The first-order valence-corrected chi connectivity index (χ1v) is 7.46. The van der Waals surface area contributed by atoms with Gasteiger partial charge in [0.2, 0.25) is 0 Å². The van der Waals surface area contributed by atoms with Crippen LogP contribution in [0.25, 0.3) is 5.69 Å². The maximum absolute atomic E-state index is 14.4. The SMILES string of the molecule is CC(=S)NCc1cn(-c2ccc(N3CC=CC=N3)c(F)c2)nn1. The number of hydrogen-bond acceptors (Lipinski definition) is 5. The van der Waals surface area contributed by atoms with E-state index in [9.17, 15) is 4.39 Å². The fraction of sp³-hybridized carbons (Fsp3) is 0.200. The van der Waals surface area contributed by atoms with Gasteiger partial charge in [-0.2, -0.15) is 5.10 Å². The molecule has 0 spiro atoms. The molecule has 1 aromatic carbocycles. The van der Waals surface area contributed by atoms with E-state index in [-0.39, 0.29) is 5.82 Å². The van der Waals surface area contributed by atoms with Gasteiger partial charge in [-0.15, -0.1) is 5.10 Å². The van der Waals surface area contributed by atoms with Crippen LogP contribution in [0.2, 0.25) is 0 Å². The molecule has 0 fully saturated rings. The molecule has 6 nitrogen and oxygen atoms in total. The van der Waals surface area contributed by atoms with Crippen LogP contribution in [-0.4, -0.2) is 32.7 Å². The molecular formula is C15H15FN6S. The van der Waals surface area contributed by atoms with Gasteiger partial charge in [-0.3, -0.25) is 5.01 Å². The summed E-state index contributed by atoms with van der Waals surface area (Å²) in [6, 6.07) is 4.88. The fourth-order valence-corrected chi connectivity index (χ4v) is 2.19. The first-order valence-electron chi connectivity index (χ1n) is 7.06. The Morgan fingerprint density at radius 2 is 2.30 bits per heavy atom. The van der Waals surface area contributed by atoms with E-state index in [0.29, 0.717) is 29.5 Å². The van der Waals surface area contributed by atoms with Gasteiger partial charge in [0, 0.05) is 12.3 Å². The molecule has 0 amide bonds. The number of benzene rings is 1. The van der Waals surface area contributed by atoms with E-state index in [4.69, 9.17) is 12.2 Å². The van der Waals surface area contributed by atoms with Gasteiger partial charge >= 0.3 is 0 Å².